The molecule has 0 saturated heterocycles. The number of unbranched alkanes of at least 4 members (excludes halogenated alkanes) is 3. The summed E-state index contributed by atoms with van der Waals surface area (Å²) in [6, 6.07) is 7.66. The monoisotopic (exact) mass is 274 g/mol. The number of hydrogen-bond donors (Lipinski definition) is 2. The summed E-state index contributed by atoms with van der Waals surface area (Å²) in [4.78, 5) is 0. The Hall–Kier alpha value is -1.02. The summed E-state index contributed by atoms with van der Waals surface area (Å²) in [5, 5.41) is 19.8. The second kappa shape index (κ2) is 5.07. The number of rotatable bonds is 7. The van der Waals surface area contributed by atoms with E-state index >= 15 is 0 Å². The van der Waals surface area contributed by atoms with Gasteiger partial charge in [-0.1, -0.05) is 44.7 Å². The van der Waals surface area contributed by atoms with Crippen LogP contribution in [0, 0.1) is 5.41 Å². The largest absolute Gasteiger partial charge is 0.508 e. The molecule has 0 aromatic heterocycles. The number of aliphatic hydroxyl groups excluding tert-OH is 1. The quantitative estimate of drug-likeness (QED) is 0.733. The van der Waals surface area contributed by atoms with Gasteiger partial charge in [-0.15, -0.1) is 0 Å². The van der Waals surface area contributed by atoms with Crippen molar-refractivity contribution >= 4 is 0 Å². The van der Waals surface area contributed by atoms with Crippen LogP contribution in [0.15, 0.2) is 24.3 Å². The fraction of sp³-hybridized carbons (Fsp3) is 0.667. The molecule has 2 nitrogen and oxygen atoms in total. The molecule has 1 aromatic carbocycles. The van der Waals surface area contributed by atoms with Crippen molar-refractivity contribution < 1.29 is 10.2 Å². The van der Waals surface area contributed by atoms with Crippen LogP contribution in [0.2, 0.25) is 0 Å². The minimum absolute atomic E-state index is 0.0988. The summed E-state index contributed by atoms with van der Waals surface area (Å²) >= 11 is 0. The molecule has 2 heteroatoms. The normalized spacial score (nSPS) is 32.3. The standard InChI is InChI=1S/C18H26O2/c1-2-3-4-5-6-16(20)18-11-17(12-18,13-18)14-7-9-15(19)10-8-14/h7-10,16,19-20H,2-6,11-13H2,1H3/t16-,17?,18?/m0/s1. The van der Waals surface area contributed by atoms with Gasteiger partial charge in [0.05, 0.1) is 6.10 Å². The summed E-state index contributed by atoms with van der Waals surface area (Å²) < 4.78 is 0. The molecular formula is C18H26O2. The Balaban J connectivity index is 1.51. The molecule has 3 saturated carbocycles. The Morgan fingerprint density at radius 1 is 1.05 bits per heavy atom. The highest BCUT2D eigenvalue weighted by molar-refractivity contribution is 5.41. The van der Waals surface area contributed by atoms with E-state index in [9.17, 15) is 10.2 Å². The zero-order valence-corrected chi connectivity index (χ0v) is 12.4. The van der Waals surface area contributed by atoms with Gasteiger partial charge in [-0.2, -0.15) is 0 Å². The number of phenols is 1. The number of aliphatic hydroxyl groups is 1. The van der Waals surface area contributed by atoms with Crippen LogP contribution in [-0.4, -0.2) is 16.3 Å². The van der Waals surface area contributed by atoms with Gasteiger partial charge in [0.25, 0.3) is 0 Å². The molecule has 4 rings (SSSR count). The maximum absolute atomic E-state index is 10.4. The Morgan fingerprint density at radius 3 is 2.30 bits per heavy atom. The van der Waals surface area contributed by atoms with Crippen LogP contribution in [0.4, 0.5) is 0 Å². The third kappa shape index (κ3) is 2.14. The highest BCUT2D eigenvalue weighted by Crippen LogP contribution is 2.75. The van der Waals surface area contributed by atoms with Gasteiger partial charge in [0, 0.05) is 0 Å². The molecule has 3 aliphatic carbocycles. The van der Waals surface area contributed by atoms with Gasteiger partial charge < -0.3 is 10.2 Å². The Morgan fingerprint density at radius 2 is 1.70 bits per heavy atom. The Labute approximate surface area is 121 Å². The summed E-state index contributed by atoms with van der Waals surface area (Å²) in [5.74, 6) is 0.339. The fourth-order valence-corrected chi connectivity index (χ4v) is 4.41. The molecule has 2 N–H and O–H groups in total. The Kier molecular flexibility index (Phi) is 3.53. The molecule has 110 valence electrons. The molecule has 2 bridgehead atoms. The van der Waals surface area contributed by atoms with Gasteiger partial charge in [-0.25, -0.2) is 0 Å². The van der Waals surface area contributed by atoms with Crippen LogP contribution in [0.5, 0.6) is 5.75 Å². The zero-order chi connectivity index (χ0) is 14.2. The molecule has 1 aromatic rings. The topological polar surface area (TPSA) is 40.5 Å². The SMILES string of the molecule is CCCCCC[C@H](O)C12CC(c3ccc(O)cc3)(C1)C2. The number of aromatic hydroxyl groups is 1. The molecule has 0 unspecified atom stereocenters. The first kappa shape index (κ1) is 13.9. The third-order valence-corrected chi connectivity index (χ3v) is 5.59. The van der Waals surface area contributed by atoms with E-state index in [4.69, 9.17) is 0 Å². The van der Waals surface area contributed by atoms with Crippen LogP contribution >= 0.6 is 0 Å². The minimum atomic E-state index is -0.0988. The molecule has 3 aliphatic rings. The first-order chi connectivity index (χ1) is 9.60. The van der Waals surface area contributed by atoms with E-state index in [1.165, 1.54) is 31.2 Å². The second-order valence-electron chi connectivity index (χ2n) is 7.09. The predicted molar refractivity (Wildman–Crippen MR) is 80.8 cm³/mol. The van der Waals surface area contributed by atoms with E-state index in [0.29, 0.717) is 11.2 Å². The van der Waals surface area contributed by atoms with E-state index < -0.39 is 0 Å². The van der Waals surface area contributed by atoms with Crippen molar-refractivity contribution in [2.45, 2.75) is 69.8 Å². The molecule has 0 heterocycles. The van der Waals surface area contributed by atoms with Crippen molar-refractivity contribution in [3.63, 3.8) is 0 Å². The van der Waals surface area contributed by atoms with Crippen molar-refractivity contribution in [2.24, 2.45) is 5.41 Å². The van der Waals surface area contributed by atoms with Crippen LogP contribution in [-0.2, 0) is 5.41 Å². The highest BCUT2D eigenvalue weighted by atomic mass is 16.3. The van der Waals surface area contributed by atoms with Crippen LogP contribution < -0.4 is 0 Å². The number of phenolic OH excluding ortho intramolecular Hbond substituents is 1. The minimum Gasteiger partial charge on any atom is -0.508 e. The molecule has 20 heavy (non-hydrogen) atoms. The average Bonchev–Trinajstić information content (AvgIpc) is 2.34. The van der Waals surface area contributed by atoms with Gasteiger partial charge in [-0.3, -0.25) is 0 Å². The van der Waals surface area contributed by atoms with E-state index in [1.807, 2.05) is 12.1 Å². The van der Waals surface area contributed by atoms with E-state index in [-0.39, 0.29) is 11.5 Å². The third-order valence-electron chi connectivity index (χ3n) is 5.59. The molecule has 0 aliphatic heterocycles. The molecule has 3 fully saturated rings. The van der Waals surface area contributed by atoms with Gasteiger partial charge in [-0.05, 0) is 54.2 Å². The fourth-order valence-electron chi connectivity index (χ4n) is 4.41. The summed E-state index contributed by atoms with van der Waals surface area (Å²) in [7, 11) is 0. The molecular weight excluding hydrogens is 248 g/mol. The lowest BCUT2D eigenvalue weighted by Crippen LogP contribution is -2.69. The number of hydrogen-bond acceptors (Lipinski definition) is 2. The van der Waals surface area contributed by atoms with E-state index in [2.05, 4.69) is 6.92 Å². The van der Waals surface area contributed by atoms with Gasteiger partial charge in [0.1, 0.15) is 5.75 Å². The lowest BCUT2D eigenvalue weighted by atomic mass is 9.32. The molecule has 1 atom stereocenters. The van der Waals surface area contributed by atoms with Gasteiger partial charge in [0.2, 0.25) is 0 Å². The second-order valence-corrected chi connectivity index (χ2v) is 7.09. The van der Waals surface area contributed by atoms with Crippen molar-refractivity contribution in [2.75, 3.05) is 0 Å². The first-order valence-electron chi connectivity index (χ1n) is 8.08. The van der Waals surface area contributed by atoms with Gasteiger partial charge in [0.15, 0.2) is 0 Å². The van der Waals surface area contributed by atoms with Crippen molar-refractivity contribution in [1.82, 2.24) is 0 Å². The van der Waals surface area contributed by atoms with Crippen molar-refractivity contribution in [3.05, 3.63) is 29.8 Å². The molecule has 0 radical (unpaired) electrons. The maximum Gasteiger partial charge on any atom is 0.115 e. The smallest absolute Gasteiger partial charge is 0.115 e. The van der Waals surface area contributed by atoms with E-state index in [0.717, 1.165) is 25.7 Å². The molecule has 0 amide bonds. The average molecular weight is 274 g/mol. The van der Waals surface area contributed by atoms with Crippen LogP contribution in [0.3, 0.4) is 0 Å². The molecule has 0 spiro atoms. The van der Waals surface area contributed by atoms with Crippen LogP contribution in [0.25, 0.3) is 0 Å². The maximum atomic E-state index is 10.4. The van der Waals surface area contributed by atoms with Crippen molar-refractivity contribution in [1.29, 1.82) is 0 Å². The highest BCUT2D eigenvalue weighted by Gasteiger charge is 2.70. The van der Waals surface area contributed by atoms with Gasteiger partial charge >= 0.3 is 0 Å². The van der Waals surface area contributed by atoms with Crippen LogP contribution in [0.1, 0.15) is 63.9 Å². The number of benzene rings is 1. The lowest BCUT2D eigenvalue weighted by Gasteiger charge is -2.73. The summed E-state index contributed by atoms with van der Waals surface area (Å²) in [5.41, 5.74) is 1.89. The summed E-state index contributed by atoms with van der Waals surface area (Å²) in [6.07, 6.45) is 9.27. The lowest BCUT2D eigenvalue weighted by molar-refractivity contribution is -0.209. The Bertz CT molecular complexity index is 443. The first-order valence-corrected chi connectivity index (χ1v) is 8.08. The van der Waals surface area contributed by atoms with E-state index in [1.54, 1.807) is 12.1 Å². The predicted octanol–water partition coefficient (Wildman–Crippen LogP) is 4.15. The van der Waals surface area contributed by atoms with Crippen molar-refractivity contribution in [3.8, 4) is 5.75 Å². The zero-order valence-electron chi connectivity index (χ0n) is 12.4. The summed E-state index contributed by atoms with van der Waals surface area (Å²) in [6.45, 7) is 2.22.